The number of carbonyl (C=O) groups excluding carboxylic acids is 1. The normalized spacial score (nSPS) is 11.6. The molecular formula is C23H22N6O3. The van der Waals surface area contributed by atoms with Gasteiger partial charge in [-0.15, -0.1) is 6.58 Å². The van der Waals surface area contributed by atoms with Crippen molar-refractivity contribution < 1.29 is 9.21 Å². The van der Waals surface area contributed by atoms with Gasteiger partial charge in [-0.1, -0.05) is 18.2 Å². The summed E-state index contributed by atoms with van der Waals surface area (Å²) in [5, 5.41) is 7.66. The van der Waals surface area contributed by atoms with E-state index in [1.807, 2.05) is 53.4 Å². The minimum Gasteiger partial charge on any atom is -0.459 e. The molecule has 4 heterocycles. The molecule has 1 aromatic carbocycles. The summed E-state index contributed by atoms with van der Waals surface area (Å²) in [6, 6.07) is 9.65. The average Bonchev–Trinajstić information content (AvgIpc) is 3.40. The second kappa shape index (κ2) is 7.52. The number of hydrogen-bond acceptors (Lipinski definition) is 5. The molecule has 5 rings (SSSR count). The molecule has 0 saturated heterocycles. The quantitative estimate of drug-likeness (QED) is 0.418. The number of para-hydroxylation sites is 2. The molecule has 0 bridgehead atoms. The predicted octanol–water partition coefficient (Wildman–Crippen LogP) is 2.64. The Bertz CT molecular complexity index is 1570. The number of nitrogens with one attached hydrogen (secondary N) is 1. The molecular weight excluding hydrogens is 408 g/mol. The van der Waals surface area contributed by atoms with Gasteiger partial charge in [0.15, 0.2) is 5.58 Å². The number of carbonyl (C=O) groups is 1. The van der Waals surface area contributed by atoms with Gasteiger partial charge in [-0.3, -0.25) is 9.59 Å². The molecule has 5 aromatic rings. The van der Waals surface area contributed by atoms with Gasteiger partial charge in [-0.25, -0.2) is 9.67 Å². The monoisotopic (exact) mass is 430 g/mol. The first-order valence-corrected chi connectivity index (χ1v) is 10.2. The van der Waals surface area contributed by atoms with Gasteiger partial charge in [0.2, 0.25) is 5.91 Å². The number of imidazole rings is 1. The summed E-state index contributed by atoms with van der Waals surface area (Å²) in [7, 11) is 1.90. The number of furan rings is 1. The molecule has 32 heavy (non-hydrogen) atoms. The Hall–Kier alpha value is -4.14. The van der Waals surface area contributed by atoms with Crippen LogP contribution in [0, 0.1) is 6.92 Å². The van der Waals surface area contributed by atoms with E-state index in [0.29, 0.717) is 23.0 Å². The summed E-state index contributed by atoms with van der Waals surface area (Å²) in [6.45, 7) is 6.13. The van der Waals surface area contributed by atoms with Crippen LogP contribution in [0.5, 0.6) is 0 Å². The Labute approximate surface area is 182 Å². The molecule has 9 nitrogen and oxygen atoms in total. The van der Waals surface area contributed by atoms with Gasteiger partial charge >= 0.3 is 0 Å². The third-order valence-corrected chi connectivity index (χ3v) is 5.59. The number of amides is 1. The maximum Gasteiger partial charge on any atom is 0.291 e. The first-order chi connectivity index (χ1) is 15.5. The van der Waals surface area contributed by atoms with E-state index in [0.717, 1.165) is 32.8 Å². The van der Waals surface area contributed by atoms with E-state index in [1.165, 1.54) is 0 Å². The van der Waals surface area contributed by atoms with Crippen LogP contribution in [0.3, 0.4) is 0 Å². The van der Waals surface area contributed by atoms with Crippen molar-refractivity contribution in [3.63, 3.8) is 0 Å². The molecule has 0 unspecified atom stereocenters. The van der Waals surface area contributed by atoms with Gasteiger partial charge in [0, 0.05) is 19.7 Å². The van der Waals surface area contributed by atoms with Crippen LogP contribution in [0.2, 0.25) is 0 Å². The van der Waals surface area contributed by atoms with Gasteiger partial charge in [0.1, 0.15) is 23.6 Å². The fourth-order valence-electron chi connectivity index (χ4n) is 4.07. The predicted molar refractivity (Wildman–Crippen MR) is 121 cm³/mol. The number of rotatable bonds is 6. The van der Waals surface area contributed by atoms with Gasteiger partial charge in [-0.05, 0) is 19.1 Å². The van der Waals surface area contributed by atoms with Crippen LogP contribution >= 0.6 is 0 Å². The Balaban J connectivity index is 1.42. The fourth-order valence-corrected chi connectivity index (χ4v) is 4.07. The van der Waals surface area contributed by atoms with Crippen LogP contribution in [0.1, 0.15) is 11.6 Å². The first-order valence-electron chi connectivity index (χ1n) is 10.2. The lowest BCUT2D eigenvalue weighted by molar-refractivity contribution is -0.122. The third-order valence-electron chi connectivity index (χ3n) is 5.59. The van der Waals surface area contributed by atoms with Crippen molar-refractivity contribution in [1.29, 1.82) is 0 Å². The smallest absolute Gasteiger partial charge is 0.291 e. The molecule has 162 valence electrons. The SMILES string of the molecule is C=CCn1c2cc(C)oc2c2cnn(CC(=O)NCc3nc4ccccc4n3C)c(=O)c21. The Morgan fingerprint density at radius 1 is 1.28 bits per heavy atom. The van der Waals surface area contributed by atoms with Crippen LogP contribution in [-0.4, -0.2) is 29.8 Å². The summed E-state index contributed by atoms with van der Waals surface area (Å²) < 4.78 is 10.7. The number of aryl methyl sites for hydroxylation is 2. The molecule has 0 saturated carbocycles. The summed E-state index contributed by atoms with van der Waals surface area (Å²) >= 11 is 0. The maximum atomic E-state index is 13.2. The summed E-state index contributed by atoms with van der Waals surface area (Å²) in [5.41, 5.74) is 3.36. The first kappa shape index (κ1) is 19.8. The van der Waals surface area contributed by atoms with Crippen molar-refractivity contribution in [3.8, 4) is 0 Å². The second-order valence-electron chi connectivity index (χ2n) is 7.69. The molecule has 4 aromatic heterocycles. The second-order valence-corrected chi connectivity index (χ2v) is 7.69. The van der Waals surface area contributed by atoms with Crippen molar-refractivity contribution in [2.24, 2.45) is 7.05 Å². The molecule has 0 aliphatic rings. The van der Waals surface area contributed by atoms with Crippen molar-refractivity contribution >= 4 is 38.9 Å². The number of allylic oxidation sites excluding steroid dienone is 1. The Kier molecular flexibility index (Phi) is 4.66. The lowest BCUT2D eigenvalue weighted by atomic mass is 10.3. The zero-order valence-electron chi connectivity index (χ0n) is 17.8. The van der Waals surface area contributed by atoms with Gasteiger partial charge in [-0.2, -0.15) is 5.10 Å². The molecule has 0 aliphatic carbocycles. The Morgan fingerprint density at radius 2 is 2.09 bits per heavy atom. The minimum atomic E-state index is -0.355. The van der Waals surface area contributed by atoms with Crippen LogP contribution < -0.4 is 10.9 Å². The fraction of sp³-hybridized carbons (Fsp3) is 0.217. The maximum absolute atomic E-state index is 13.2. The molecule has 9 heteroatoms. The van der Waals surface area contributed by atoms with Crippen LogP contribution in [0.15, 0.2) is 58.4 Å². The highest BCUT2D eigenvalue weighted by Gasteiger charge is 2.19. The van der Waals surface area contributed by atoms with E-state index in [9.17, 15) is 9.59 Å². The molecule has 0 radical (unpaired) electrons. The van der Waals surface area contributed by atoms with E-state index in [1.54, 1.807) is 12.3 Å². The lowest BCUT2D eigenvalue weighted by Gasteiger charge is -2.08. The number of hydrogen-bond donors (Lipinski definition) is 1. The number of fused-ring (bicyclic) bond motifs is 4. The van der Waals surface area contributed by atoms with Crippen LogP contribution in [0.4, 0.5) is 0 Å². The van der Waals surface area contributed by atoms with E-state index < -0.39 is 0 Å². The van der Waals surface area contributed by atoms with Crippen molar-refractivity contribution in [3.05, 3.63) is 71.1 Å². The topological polar surface area (TPSA) is 99.9 Å². The minimum absolute atomic E-state index is 0.196. The lowest BCUT2D eigenvalue weighted by Crippen LogP contribution is -2.34. The summed E-state index contributed by atoms with van der Waals surface area (Å²) in [4.78, 5) is 30.3. The Morgan fingerprint density at radius 3 is 2.88 bits per heavy atom. The van der Waals surface area contributed by atoms with Gasteiger partial charge < -0.3 is 18.9 Å². The van der Waals surface area contributed by atoms with E-state index in [-0.39, 0.29) is 24.6 Å². The molecule has 0 atom stereocenters. The highest BCUT2D eigenvalue weighted by atomic mass is 16.3. The van der Waals surface area contributed by atoms with Crippen molar-refractivity contribution in [2.45, 2.75) is 26.6 Å². The van der Waals surface area contributed by atoms with Gasteiger partial charge in [0.25, 0.3) is 5.56 Å². The van der Waals surface area contributed by atoms with Crippen molar-refractivity contribution in [2.75, 3.05) is 0 Å². The van der Waals surface area contributed by atoms with Crippen LogP contribution in [-0.2, 0) is 31.5 Å². The van der Waals surface area contributed by atoms with E-state index in [2.05, 4.69) is 22.0 Å². The van der Waals surface area contributed by atoms with Crippen molar-refractivity contribution in [1.82, 2.24) is 29.2 Å². The third kappa shape index (κ3) is 3.09. The highest BCUT2D eigenvalue weighted by Crippen LogP contribution is 2.29. The van der Waals surface area contributed by atoms with E-state index in [4.69, 9.17) is 4.42 Å². The zero-order valence-corrected chi connectivity index (χ0v) is 17.8. The standard InChI is InChI=1S/C23H22N6O3/c1-4-9-28-18-10-14(2)32-22(18)15-11-25-29(23(31)21(15)28)13-20(30)24-12-19-26-16-7-5-6-8-17(16)27(19)3/h4-8,10-11H,1,9,12-13H2,2-3H3,(H,24,30). The van der Waals surface area contributed by atoms with E-state index >= 15 is 0 Å². The molecule has 0 fully saturated rings. The van der Waals surface area contributed by atoms with Crippen LogP contribution in [0.25, 0.3) is 33.0 Å². The summed E-state index contributed by atoms with van der Waals surface area (Å²) in [6.07, 6.45) is 3.29. The number of aromatic nitrogens is 5. The summed E-state index contributed by atoms with van der Waals surface area (Å²) in [5.74, 6) is 1.15. The zero-order chi connectivity index (χ0) is 22.4. The number of nitrogens with zero attached hydrogens (tertiary/aromatic N) is 5. The molecule has 0 spiro atoms. The molecule has 0 aliphatic heterocycles. The molecule has 1 N–H and O–H groups in total. The average molecular weight is 430 g/mol. The number of benzene rings is 1. The largest absolute Gasteiger partial charge is 0.459 e. The molecule has 1 amide bonds. The highest BCUT2D eigenvalue weighted by molar-refractivity contribution is 6.04. The van der Waals surface area contributed by atoms with Gasteiger partial charge in [0.05, 0.1) is 34.7 Å².